The molecule has 0 bridgehead atoms. The third kappa shape index (κ3) is 1.69. The molecule has 10 heavy (non-hydrogen) atoms. The van der Waals surface area contributed by atoms with E-state index in [1.165, 1.54) is 11.8 Å². The normalized spacial score (nSPS) is 26.6. The molecular weight excluding hydrogens is 133 g/mol. The Kier molecular flexibility index (Phi) is 2.25. The molecule has 0 spiro atoms. The van der Waals surface area contributed by atoms with Gasteiger partial charge >= 0.3 is 0 Å². The summed E-state index contributed by atoms with van der Waals surface area (Å²) in [7, 11) is 0. The van der Waals surface area contributed by atoms with Crippen molar-refractivity contribution in [2.24, 2.45) is 0 Å². The van der Waals surface area contributed by atoms with E-state index in [0.29, 0.717) is 13.0 Å². The molecular formula is C7H11FNO. The Hall–Kier alpha value is -0.600. The van der Waals surface area contributed by atoms with E-state index in [1.54, 1.807) is 6.42 Å². The summed E-state index contributed by atoms with van der Waals surface area (Å²) in [5.74, 6) is -0.0317. The van der Waals surface area contributed by atoms with E-state index in [9.17, 15) is 9.18 Å². The van der Waals surface area contributed by atoms with Crippen LogP contribution in [0.4, 0.5) is 4.39 Å². The van der Waals surface area contributed by atoms with E-state index < -0.39 is 6.17 Å². The fourth-order valence-electron chi connectivity index (χ4n) is 1.07. The zero-order chi connectivity index (χ0) is 7.56. The number of likely N-dealkylation sites (tertiary alicyclic amines) is 1. The summed E-state index contributed by atoms with van der Waals surface area (Å²) in [5, 5.41) is 0. The van der Waals surface area contributed by atoms with Gasteiger partial charge in [0.15, 0.2) is 0 Å². The summed E-state index contributed by atoms with van der Waals surface area (Å²) in [6.45, 7) is 2.39. The van der Waals surface area contributed by atoms with E-state index in [1.807, 2.05) is 0 Å². The van der Waals surface area contributed by atoms with E-state index >= 15 is 0 Å². The van der Waals surface area contributed by atoms with E-state index in [4.69, 9.17) is 0 Å². The highest BCUT2D eigenvalue weighted by molar-refractivity contribution is 5.73. The fourth-order valence-corrected chi connectivity index (χ4v) is 1.07. The average Bonchev–Trinajstić information content (AvgIpc) is 1.88. The van der Waals surface area contributed by atoms with Crippen molar-refractivity contribution in [3.05, 3.63) is 6.42 Å². The Bertz CT molecular complexity index is 138. The number of piperidine rings is 1. The smallest absolute Gasteiger partial charge is 0.219 e. The molecule has 0 aromatic heterocycles. The Morgan fingerprint density at radius 3 is 2.90 bits per heavy atom. The molecule has 1 heterocycles. The maximum absolute atomic E-state index is 12.5. The average molecular weight is 144 g/mol. The van der Waals surface area contributed by atoms with Gasteiger partial charge < -0.3 is 4.90 Å². The summed E-state index contributed by atoms with van der Waals surface area (Å²) in [5.41, 5.74) is 0. The predicted octanol–water partition coefficient (Wildman–Crippen LogP) is 0.781. The summed E-state index contributed by atoms with van der Waals surface area (Å²) < 4.78 is 12.5. The molecule has 1 atom stereocenters. The lowest BCUT2D eigenvalue weighted by Crippen LogP contribution is -2.39. The lowest BCUT2D eigenvalue weighted by molar-refractivity contribution is -0.130. The molecule has 1 aliphatic heterocycles. The fraction of sp³-hybridized carbons (Fsp3) is 0.714. The van der Waals surface area contributed by atoms with Crippen LogP contribution >= 0.6 is 0 Å². The van der Waals surface area contributed by atoms with E-state index in [0.717, 1.165) is 0 Å². The van der Waals surface area contributed by atoms with Gasteiger partial charge in [0, 0.05) is 13.5 Å². The molecule has 1 unspecified atom stereocenters. The van der Waals surface area contributed by atoms with Crippen LogP contribution in [0, 0.1) is 6.42 Å². The summed E-state index contributed by atoms with van der Waals surface area (Å²) in [6, 6.07) is 0. The van der Waals surface area contributed by atoms with Crippen LogP contribution in [-0.4, -0.2) is 30.1 Å². The second-order valence-electron chi connectivity index (χ2n) is 2.51. The number of rotatable bonds is 0. The minimum absolute atomic E-state index is 0.0317. The molecule has 0 N–H and O–H groups in total. The van der Waals surface area contributed by atoms with Crippen LogP contribution in [0.1, 0.15) is 13.3 Å². The molecule has 0 aromatic rings. The van der Waals surface area contributed by atoms with Crippen molar-refractivity contribution in [1.29, 1.82) is 0 Å². The molecule has 0 aromatic carbocycles. The van der Waals surface area contributed by atoms with Crippen LogP contribution in [0.2, 0.25) is 0 Å². The number of alkyl halides is 1. The summed E-state index contributed by atoms with van der Waals surface area (Å²) in [6.07, 6.45) is 1.37. The zero-order valence-electron chi connectivity index (χ0n) is 6.01. The zero-order valence-corrected chi connectivity index (χ0v) is 6.01. The highest BCUT2D eigenvalue weighted by atomic mass is 19.1. The number of carbonyl (C=O) groups excluding carboxylic acids is 1. The topological polar surface area (TPSA) is 20.3 Å². The Morgan fingerprint density at radius 1 is 1.80 bits per heavy atom. The molecule has 0 saturated carbocycles. The van der Waals surface area contributed by atoms with Crippen molar-refractivity contribution < 1.29 is 9.18 Å². The van der Waals surface area contributed by atoms with Crippen LogP contribution in [-0.2, 0) is 4.79 Å². The van der Waals surface area contributed by atoms with Gasteiger partial charge in [-0.1, -0.05) is 0 Å². The van der Waals surface area contributed by atoms with E-state index in [-0.39, 0.29) is 12.5 Å². The lowest BCUT2D eigenvalue weighted by atomic mass is 10.1. The standard InChI is InChI=1S/C7H11FNO/c1-6(10)9-4-2-3-7(8)5-9/h3,7H,2,4-5H2,1H3. The molecule has 2 nitrogen and oxygen atoms in total. The van der Waals surface area contributed by atoms with Gasteiger partial charge in [0.2, 0.25) is 5.91 Å². The first-order valence-electron chi connectivity index (χ1n) is 3.43. The number of amides is 1. The first-order chi connectivity index (χ1) is 4.70. The second-order valence-corrected chi connectivity index (χ2v) is 2.51. The van der Waals surface area contributed by atoms with Gasteiger partial charge in [-0.25, -0.2) is 4.39 Å². The monoisotopic (exact) mass is 144 g/mol. The lowest BCUT2D eigenvalue weighted by Gasteiger charge is -2.27. The van der Waals surface area contributed by atoms with Gasteiger partial charge in [-0.15, -0.1) is 0 Å². The molecule has 1 fully saturated rings. The molecule has 0 aliphatic carbocycles. The van der Waals surface area contributed by atoms with Crippen molar-refractivity contribution in [3.8, 4) is 0 Å². The second kappa shape index (κ2) is 2.99. The molecule has 1 aliphatic rings. The first-order valence-corrected chi connectivity index (χ1v) is 3.43. The third-order valence-corrected chi connectivity index (χ3v) is 1.66. The highest BCUT2D eigenvalue weighted by Crippen LogP contribution is 2.11. The van der Waals surface area contributed by atoms with Crippen LogP contribution in [0.15, 0.2) is 0 Å². The quantitative estimate of drug-likeness (QED) is 0.492. The molecule has 1 radical (unpaired) electrons. The van der Waals surface area contributed by atoms with Crippen molar-refractivity contribution in [2.45, 2.75) is 19.5 Å². The highest BCUT2D eigenvalue weighted by Gasteiger charge is 2.20. The van der Waals surface area contributed by atoms with Crippen molar-refractivity contribution in [3.63, 3.8) is 0 Å². The predicted molar refractivity (Wildman–Crippen MR) is 36.1 cm³/mol. The first kappa shape index (κ1) is 7.51. The largest absolute Gasteiger partial charge is 0.340 e. The van der Waals surface area contributed by atoms with Crippen LogP contribution in [0.25, 0.3) is 0 Å². The van der Waals surface area contributed by atoms with Crippen LogP contribution in [0.5, 0.6) is 0 Å². The molecule has 1 saturated heterocycles. The number of nitrogens with zero attached hydrogens (tertiary/aromatic N) is 1. The van der Waals surface area contributed by atoms with Gasteiger partial charge in [0.1, 0.15) is 6.17 Å². The molecule has 57 valence electrons. The van der Waals surface area contributed by atoms with Crippen molar-refractivity contribution in [2.75, 3.05) is 13.1 Å². The van der Waals surface area contributed by atoms with Crippen molar-refractivity contribution in [1.82, 2.24) is 4.90 Å². The SMILES string of the molecule is CC(=O)N1CC[CH]C(F)C1. The Balaban J connectivity index is 2.39. The van der Waals surface area contributed by atoms with Gasteiger partial charge in [0.05, 0.1) is 6.54 Å². The van der Waals surface area contributed by atoms with Crippen LogP contribution in [0.3, 0.4) is 0 Å². The maximum atomic E-state index is 12.5. The molecule has 1 amide bonds. The van der Waals surface area contributed by atoms with Gasteiger partial charge in [-0.05, 0) is 12.8 Å². The Labute approximate surface area is 60.0 Å². The number of hydrogen-bond donors (Lipinski definition) is 0. The number of carbonyl (C=O) groups is 1. The van der Waals surface area contributed by atoms with Gasteiger partial charge in [-0.2, -0.15) is 0 Å². The van der Waals surface area contributed by atoms with E-state index in [2.05, 4.69) is 0 Å². The minimum atomic E-state index is -0.919. The Morgan fingerprint density at radius 2 is 2.50 bits per heavy atom. The molecule has 3 heteroatoms. The summed E-state index contributed by atoms with van der Waals surface area (Å²) in [4.78, 5) is 12.2. The number of hydrogen-bond acceptors (Lipinski definition) is 1. The van der Waals surface area contributed by atoms with Crippen LogP contribution < -0.4 is 0 Å². The van der Waals surface area contributed by atoms with Gasteiger partial charge in [-0.3, -0.25) is 4.79 Å². The van der Waals surface area contributed by atoms with Gasteiger partial charge in [0.25, 0.3) is 0 Å². The molecule has 1 rings (SSSR count). The third-order valence-electron chi connectivity index (χ3n) is 1.66. The number of halogens is 1. The summed E-state index contributed by atoms with van der Waals surface area (Å²) >= 11 is 0. The maximum Gasteiger partial charge on any atom is 0.219 e. The van der Waals surface area contributed by atoms with Crippen molar-refractivity contribution >= 4 is 5.91 Å². The minimum Gasteiger partial charge on any atom is -0.340 e.